The standard InChI is InChI=1S/C13H12N4O/c1-3-13(17-10-14-9-16-17)4-2-12(1)15-7-11-5-6-18-8-11/h1-6,8-10,15H,7H2. The van der Waals surface area contributed by atoms with Gasteiger partial charge in [0.2, 0.25) is 0 Å². The molecule has 0 aliphatic heterocycles. The Kier molecular flexibility index (Phi) is 2.79. The fourth-order valence-corrected chi connectivity index (χ4v) is 1.67. The van der Waals surface area contributed by atoms with Crippen LogP contribution in [-0.4, -0.2) is 14.8 Å². The van der Waals surface area contributed by atoms with Crippen LogP contribution in [0.4, 0.5) is 5.69 Å². The maximum atomic E-state index is 5.01. The molecule has 0 aliphatic rings. The molecule has 1 aromatic carbocycles. The van der Waals surface area contributed by atoms with Crippen LogP contribution in [0.1, 0.15) is 5.56 Å². The van der Waals surface area contributed by atoms with Crippen LogP contribution in [0.5, 0.6) is 0 Å². The summed E-state index contributed by atoms with van der Waals surface area (Å²) in [5, 5.41) is 7.39. The lowest BCUT2D eigenvalue weighted by atomic mass is 10.2. The lowest BCUT2D eigenvalue weighted by Crippen LogP contribution is -1.99. The Morgan fingerprint density at radius 2 is 2.06 bits per heavy atom. The van der Waals surface area contributed by atoms with E-state index in [0.29, 0.717) is 0 Å². The second-order valence-electron chi connectivity index (χ2n) is 3.87. The summed E-state index contributed by atoms with van der Waals surface area (Å²) in [4.78, 5) is 3.92. The summed E-state index contributed by atoms with van der Waals surface area (Å²) in [6.07, 6.45) is 6.60. The number of nitrogens with one attached hydrogen (secondary N) is 1. The minimum atomic E-state index is 0.749. The normalized spacial score (nSPS) is 10.4. The molecule has 0 saturated carbocycles. The van der Waals surface area contributed by atoms with E-state index in [1.807, 2.05) is 30.3 Å². The van der Waals surface area contributed by atoms with Crippen molar-refractivity contribution in [3.8, 4) is 5.69 Å². The van der Waals surface area contributed by atoms with Crippen molar-refractivity contribution in [2.75, 3.05) is 5.32 Å². The van der Waals surface area contributed by atoms with Gasteiger partial charge in [-0.15, -0.1) is 0 Å². The molecule has 2 aromatic heterocycles. The number of furan rings is 1. The summed E-state index contributed by atoms with van der Waals surface area (Å²) in [5.74, 6) is 0. The fourth-order valence-electron chi connectivity index (χ4n) is 1.67. The second kappa shape index (κ2) is 4.75. The van der Waals surface area contributed by atoms with Crippen molar-refractivity contribution in [1.82, 2.24) is 14.8 Å². The molecule has 3 aromatic rings. The largest absolute Gasteiger partial charge is 0.472 e. The van der Waals surface area contributed by atoms with Crippen molar-refractivity contribution in [3.63, 3.8) is 0 Å². The Labute approximate surface area is 104 Å². The molecular formula is C13H12N4O. The predicted molar refractivity (Wildman–Crippen MR) is 67.4 cm³/mol. The summed E-state index contributed by atoms with van der Waals surface area (Å²) in [6, 6.07) is 9.95. The highest BCUT2D eigenvalue weighted by atomic mass is 16.3. The van der Waals surface area contributed by atoms with E-state index >= 15 is 0 Å². The molecular weight excluding hydrogens is 228 g/mol. The van der Waals surface area contributed by atoms with E-state index in [4.69, 9.17) is 4.42 Å². The van der Waals surface area contributed by atoms with Crippen LogP contribution in [0.2, 0.25) is 0 Å². The average Bonchev–Trinajstić information content (AvgIpc) is 3.10. The third-order valence-electron chi connectivity index (χ3n) is 2.63. The van der Waals surface area contributed by atoms with Gasteiger partial charge in [-0.1, -0.05) is 0 Å². The summed E-state index contributed by atoms with van der Waals surface area (Å²) >= 11 is 0. The molecule has 0 aliphatic carbocycles. The Hall–Kier alpha value is -2.56. The van der Waals surface area contributed by atoms with Gasteiger partial charge < -0.3 is 9.73 Å². The first kappa shape index (κ1) is 10.6. The average molecular weight is 240 g/mol. The highest BCUT2D eigenvalue weighted by molar-refractivity contribution is 5.48. The molecule has 2 heterocycles. The topological polar surface area (TPSA) is 55.9 Å². The number of anilines is 1. The van der Waals surface area contributed by atoms with Gasteiger partial charge >= 0.3 is 0 Å². The molecule has 5 heteroatoms. The number of hydrogen-bond acceptors (Lipinski definition) is 4. The Morgan fingerprint density at radius 1 is 1.17 bits per heavy atom. The van der Waals surface area contributed by atoms with Crippen molar-refractivity contribution < 1.29 is 4.42 Å². The first-order chi connectivity index (χ1) is 8.92. The first-order valence-electron chi connectivity index (χ1n) is 5.62. The van der Waals surface area contributed by atoms with Crippen LogP contribution < -0.4 is 5.32 Å². The van der Waals surface area contributed by atoms with Crippen molar-refractivity contribution in [2.24, 2.45) is 0 Å². The minimum Gasteiger partial charge on any atom is -0.472 e. The van der Waals surface area contributed by atoms with E-state index in [1.165, 1.54) is 6.33 Å². The number of rotatable bonds is 4. The Bertz CT molecular complexity index is 584. The molecule has 0 amide bonds. The highest BCUT2D eigenvalue weighted by Gasteiger charge is 1.98. The van der Waals surface area contributed by atoms with E-state index in [0.717, 1.165) is 23.5 Å². The Morgan fingerprint density at radius 3 is 2.72 bits per heavy atom. The van der Waals surface area contributed by atoms with E-state index in [1.54, 1.807) is 23.5 Å². The molecule has 0 atom stereocenters. The number of benzene rings is 1. The maximum Gasteiger partial charge on any atom is 0.138 e. The van der Waals surface area contributed by atoms with Crippen LogP contribution in [0.25, 0.3) is 5.69 Å². The molecule has 0 saturated heterocycles. The number of aromatic nitrogens is 3. The van der Waals surface area contributed by atoms with Gasteiger partial charge in [0.1, 0.15) is 12.7 Å². The molecule has 0 radical (unpaired) electrons. The van der Waals surface area contributed by atoms with Gasteiger partial charge in [0.05, 0.1) is 18.2 Å². The lowest BCUT2D eigenvalue weighted by Gasteiger charge is -2.06. The number of nitrogens with zero attached hydrogens (tertiary/aromatic N) is 3. The molecule has 90 valence electrons. The van der Waals surface area contributed by atoms with Gasteiger partial charge in [-0.2, -0.15) is 5.10 Å². The van der Waals surface area contributed by atoms with Gasteiger partial charge in [0.15, 0.2) is 0 Å². The van der Waals surface area contributed by atoms with E-state index in [9.17, 15) is 0 Å². The van der Waals surface area contributed by atoms with Gasteiger partial charge in [-0.25, -0.2) is 9.67 Å². The van der Waals surface area contributed by atoms with Crippen LogP contribution in [0.3, 0.4) is 0 Å². The van der Waals surface area contributed by atoms with Gasteiger partial charge in [-0.3, -0.25) is 0 Å². The highest BCUT2D eigenvalue weighted by Crippen LogP contribution is 2.13. The quantitative estimate of drug-likeness (QED) is 0.761. The summed E-state index contributed by atoms with van der Waals surface area (Å²) in [6.45, 7) is 0.749. The minimum absolute atomic E-state index is 0.749. The summed E-state index contributed by atoms with van der Waals surface area (Å²) < 4.78 is 6.73. The van der Waals surface area contributed by atoms with Crippen molar-refractivity contribution in [3.05, 3.63) is 61.1 Å². The van der Waals surface area contributed by atoms with E-state index in [2.05, 4.69) is 15.4 Å². The van der Waals surface area contributed by atoms with E-state index < -0.39 is 0 Å². The smallest absolute Gasteiger partial charge is 0.138 e. The zero-order valence-electron chi connectivity index (χ0n) is 9.65. The zero-order chi connectivity index (χ0) is 12.2. The third kappa shape index (κ3) is 2.24. The molecule has 0 unspecified atom stereocenters. The van der Waals surface area contributed by atoms with Crippen LogP contribution in [0.15, 0.2) is 59.9 Å². The van der Waals surface area contributed by atoms with Crippen LogP contribution >= 0.6 is 0 Å². The second-order valence-corrected chi connectivity index (χ2v) is 3.87. The predicted octanol–water partition coefficient (Wildman–Crippen LogP) is 2.47. The molecule has 18 heavy (non-hydrogen) atoms. The van der Waals surface area contributed by atoms with Crippen molar-refractivity contribution in [1.29, 1.82) is 0 Å². The summed E-state index contributed by atoms with van der Waals surface area (Å²) in [7, 11) is 0. The third-order valence-corrected chi connectivity index (χ3v) is 2.63. The molecule has 1 N–H and O–H groups in total. The lowest BCUT2D eigenvalue weighted by molar-refractivity contribution is 0.564. The van der Waals surface area contributed by atoms with Gasteiger partial charge in [-0.05, 0) is 30.3 Å². The van der Waals surface area contributed by atoms with E-state index in [-0.39, 0.29) is 0 Å². The van der Waals surface area contributed by atoms with Crippen molar-refractivity contribution >= 4 is 5.69 Å². The summed E-state index contributed by atoms with van der Waals surface area (Å²) in [5.41, 5.74) is 3.16. The van der Waals surface area contributed by atoms with Gasteiger partial charge in [0, 0.05) is 17.8 Å². The molecule has 0 spiro atoms. The molecule has 5 nitrogen and oxygen atoms in total. The van der Waals surface area contributed by atoms with Crippen LogP contribution in [0, 0.1) is 0 Å². The fraction of sp³-hybridized carbons (Fsp3) is 0.0769. The zero-order valence-corrected chi connectivity index (χ0v) is 9.65. The molecule has 0 bridgehead atoms. The van der Waals surface area contributed by atoms with Crippen molar-refractivity contribution in [2.45, 2.75) is 6.54 Å². The molecule has 0 fully saturated rings. The SMILES string of the molecule is c1ncn(-c2ccc(NCc3ccoc3)cc2)n1. The maximum absolute atomic E-state index is 5.01. The van der Waals surface area contributed by atoms with Gasteiger partial charge in [0.25, 0.3) is 0 Å². The molecule has 3 rings (SSSR count). The monoisotopic (exact) mass is 240 g/mol. The number of hydrogen-bond donors (Lipinski definition) is 1. The first-order valence-corrected chi connectivity index (χ1v) is 5.62. The Balaban J connectivity index is 1.68. The van der Waals surface area contributed by atoms with Crippen LogP contribution in [-0.2, 0) is 6.54 Å².